The number of alkyl halides is 6. The summed E-state index contributed by atoms with van der Waals surface area (Å²) in [6.07, 6.45) is -9.48. The third kappa shape index (κ3) is 3.53. The Labute approximate surface area is 110 Å². The van der Waals surface area contributed by atoms with Gasteiger partial charge in [0.1, 0.15) is 5.56 Å². The molecule has 0 unspecified atom stereocenters. The number of nitrogens with zero attached hydrogens (tertiary/aromatic N) is 1. The van der Waals surface area contributed by atoms with Gasteiger partial charge in [0.15, 0.2) is 5.75 Å². The van der Waals surface area contributed by atoms with E-state index in [1.165, 1.54) is 0 Å². The van der Waals surface area contributed by atoms with Gasteiger partial charge in [-0.15, -0.1) is 13.2 Å². The molecule has 0 aliphatic carbocycles. The Hall–Kier alpha value is -0.940. The monoisotopic (exact) mass is 387 g/mol. The molecule has 1 heterocycles. The molecule has 1 rings (SSSR count). The highest BCUT2D eigenvalue weighted by Gasteiger charge is 2.41. The summed E-state index contributed by atoms with van der Waals surface area (Å²) in [7, 11) is 0.929. The minimum absolute atomic E-state index is 0.517. The van der Waals surface area contributed by atoms with Crippen LogP contribution in [-0.2, 0) is 6.18 Å². The van der Waals surface area contributed by atoms with Gasteiger partial charge in [-0.2, -0.15) is 13.2 Å². The largest absolute Gasteiger partial charge is 0.573 e. The fraction of sp³-hybridized carbons (Fsp3) is 0.375. The Morgan fingerprint density at radius 1 is 1.17 bits per heavy atom. The summed E-state index contributed by atoms with van der Waals surface area (Å²) in [5.41, 5.74) is -1.41. The summed E-state index contributed by atoms with van der Waals surface area (Å²) < 4.78 is 80.9. The van der Waals surface area contributed by atoms with Crippen LogP contribution >= 0.6 is 22.6 Å². The van der Waals surface area contributed by atoms with Crippen LogP contribution in [0, 0.1) is 3.57 Å². The van der Waals surface area contributed by atoms with Gasteiger partial charge >= 0.3 is 12.5 Å². The summed E-state index contributed by atoms with van der Waals surface area (Å²) in [5.74, 6) is -1.85. The molecule has 1 aromatic heterocycles. The Morgan fingerprint density at radius 3 is 2.11 bits per heavy atom. The third-order valence-electron chi connectivity index (χ3n) is 1.65. The molecule has 0 atom stereocenters. The molecule has 18 heavy (non-hydrogen) atoms. The van der Waals surface area contributed by atoms with E-state index in [1.807, 2.05) is 0 Å². The molecule has 102 valence electrons. The normalized spacial score (nSPS) is 12.4. The number of rotatable bonds is 2. The minimum Gasteiger partial charge on any atom is -0.481 e. The SMILES string of the molecule is COc1ncc(OC(F)(F)F)c(I)c1C(F)(F)F. The van der Waals surface area contributed by atoms with Gasteiger partial charge in [-0.3, -0.25) is 0 Å². The lowest BCUT2D eigenvalue weighted by Crippen LogP contribution is -2.20. The van der Waals surface area contributed by atoms with Crippen LogP contribution < -0.4 is 9.47 Å². The first-order valence-corrected chi connectivity index (χ1v) is 5.19. The van der Waals surface area contributed by atoms with E-state index < -0.39 is 33.3 Å². The van der Waals surface area contributed by atoms with E-state index in [2.05, 4.69) is 14.5 Å². The summed E-state index contributed by atoms with van der Waals surface area (Å²) in [5, 5.41) is 0. The van der Waals surface area contributed by atoms with Gasteiger partial charge in [0.25, 0.3) is 0 Å². The van der Waals surface area contributed by atoms with Crippen LogP contribution in [0.1, 0.15) is 5.56 Å². The zero-order valence-electron chi connectivity index (χ0n) is 8.49. The molecule has 0 N–H and O–H groups in total. The van der Waals surface area contributed by atoms with Crippen LogP contribution in [0.4, 0.5) is 26.3 Å². The van der Waals surface area contributed by atoms with Crippen molar-refractivity contribution in [3.8, 4) is 11.6 Å². The van der Waals surface area contributed by atoms with Gasteiger partial charge in [-0.05, 0) is 22.6 Å². The molecule has 0 bridgehead atoms. The van der Waals surface area contributed by atoms with Crippen molar-refractivity contribution in [1.82, 2.24) is 4.98 Å². The summed E-state index contributed by atoms with van der Waals surface area (Å²) >= 11 is 1.09. The van der Waals surface area contributed by atoms with Crippen molar-refractivity contribution >= 4 is 22.6 Å². The van der Waals surface area contributed by atoms with E-state index in [-0.39, 0.29) is 0 Å². The molecule has 0 spiro atoms. The molecule has 10 heteroatoms. The van der Waals surface area contributed by atoms with Crippen molar-refractivity contribution < 1.29 is 35.8 Å². The smallest absolute Gasteiger partial charge is 0.481 e. The predicted octanol–water partition coefficient (Wildman–Crippen LogP) is 3.61. The lowest BCUT2D eigenvalue weighted by atomic mass is 10.2. The molecule has 0 saturated carbocycles. The molecule has 0 fully saturated rings. The molecule has 0 aliphatic rings. The molecule has 0 aliphatic heterocycles. The maximum absolute atomic E-state index is 12.6. The van der Waals surface area contributed by atoms with Crippen molar-refractivity contribution in [2.45, 2.75) is 12.5 Å². The number of hydrogen-bond donors (Lipinski definition) is 0. The van der Waals surface area contributed by atoms with Gasteiger partial charge in [0.2, 0.25) is 5.88 Å². The molecule has 3 nitrogen and oxygen atoms in total. The van der Waals surface area contributed by atoms with E-state index in [4.69, 9.17) is 0 Å². The molecular formula is C8H4F6INO2. The lowest BCUT2D eigenvalue weighted by molar-refractivity contribution is -0.275. The average molecular weight is 387 g/mol. The summed E-state index contributed by atoms with van der Waals surface area (Å²) in [6.45, 7) is 0. The molecule has 0 saturated heterocycles. The van der Waals surface area contributed by atoms with Crippen molar-refractivity contribution in [3.63, 3.8) is 0 Å². The molecule has 0 aromatic carbocycles. The first-order chi connectivity index (χ1) is 8.06. The number of methoxy groups -OCH3 is 1. The maximum Gasteiger partial charge on any atom is 0.573 e. The van der Waals surface area contributed by atoms with Crippen LogP contribution in [0.15, 0.2) is 6.20 Å². The second-order valence-electron chi connectivity index (χ2n) is 2.87. The average Bonchev–Trinajstić information content (AvgIpc) is 2.16. The zero-order chi connectivity index (χ0) is 14.1. The zero-order valence-corrected chi connectivity index (χ0v) is 10.6. The van der Waals surface area contributed by atoms with E-state index in [1.54, 1.807) is 0 Å². The number of halogens is 7. The lowest BCUT2D eigenvalue weighted by Gasteiger charge is -2.16. The van der Waals surface area contributed by atoms with Crippen LogP contribution in [0.5, 0.6) is 11.6 Å². The number of hydrogen-bond acceptors (Lipinski definition) is 3. The molecular weight excluding hydrogens is 383 g/mol. The highest BCUT2D eigenvalue weighted by Crippen LogP contribution is 2.42. The van der Waals surface area contributed by atoms with Crippen LogP contribution in [0.2, 0.25) is 0 Å². The Bertz CT molecular complexity index is 444. The predicted molar refractivity (Wildman–Crippen MR) is 55.2 cm³/mol. The fourth-order valence-electron chi connectivity index (χ4n) is 1.05. The van der Waals surface area contributed by atoms with E-state index in [9.17, 15) is 26.3 Å². The third-order valence-corrected chi connectivity index (χ3v) is 2.72. The van der Waals surface area contributed by atoms with Gasteiger partial charge < -0.3 is 9.47 Å². The number of ether oxygens (including phenoxy) is 2. The molecule has 0 amide bonds. The Kier molecular flexibility index (Phi) is 4.18. The van der Waals surface area contributed by atoms with Crippen LogP contribution in [0.25, 0.3) is 0 Å². The minimum atomic E-state index is -5.10. The van der Waals surface area contributed by atoms with Crippen molar-refractivity contribution in [2.24, 2.45) is 0 Å². The van der Waals surface area contributed by atoms with Crippen LogP contribution in [-0.4, -0.2) is 18.5 Å². The van der Waals surface area contributed by atoms with Crippen molar-refractivity contribution in [1.29, 1.82) is 0 Å². The summed E-state index contributed by atoms with van der Waals surface area (Å²) in [6, 6.07) is 0. The quantitative estimate of drug-likeness (QED) is 0.574. The van der Waals surface area contributed by atoms with Crippen molar-refractivity contribution in [2.75, 3.05) is 7.11 Å². The van der Waals surface area contributed by atoms with E-state index >= 15 is 0 Å². The standard InChI is InChI=1S/C8H4F6INO2/c1-17-6-4(7(9,10)11)5(15)3(2-16-6)18-8(12,13)14/h2H,1H3. The van der Waals surface area contributed by atoms with Crippen LogP contribution in [0.3, 0.4) is 0 Å². The van der Waals surface area contributed by atoms with E-state index in [0.717, 1.165) is 29.7 Å². The molecule has 0 radical (unpaired) electrons. The first kappa shape index (κ1) is 15.1. The Balaban J connectivity index is 3.35. The van der Waals surface area contributed by atoms with Gasteiger partial charge in [-0.25, -0.2) is 4.98 Å². The van der Waals surface area contributed by atoms with E-state index in [0.29, 0.717) is 6.20 Å². The Morgan fingerprint density at radius 2 is 1.72 bits per heavy atom. The second kappa shape index (κ2) is 4.97. The first-order valence-electron chi connectivity index (χ1n) is 4.11. The fourth-order valence-corrected chi connectivity index (χ4v) is 1.84. The topological polar surface area (TPSA) is 31.4 Å². The summed E-state index contributed by atoms with van der Waals surface area (Å²) in [4.78, 5) is 3.14. The highest BCUT2D eigenvalue weighted by molar-refractivity contribution is 14.1. The van der Waals surface area contributed by atoms with Gasteiger partial charge in [-0.1, -0.05) is 0 Å². The van der Waals surface area contributed by atoms with Crippen molar-refractivity contribution in [3.05, 3.63) is 15.3 Å². The molecule has 1 aromatic rings. The van der Waals surface area contributed by atoms with Gasteiger partial charge in [0, 0.05) is 0 Å². The van der Waals surface area contributed by atoms with Gasteiger partial charge in [0.05, 0.1) is 16.9 Å². The number of pyridine rings is 1. The number of aromatic nitrogens is 1. The second-order valence-corrected chi connectivity index (χ2v) is 3.95. The maximum atomic E-state index is 12.6. The highest BCUT2D eigenvalue weighted by atomic mass is 127.